The highest BCUT2D eigenvalue weighted by Crippen LogP contribution is 2.35. The van der Waals surface area contributed by atoms with E-state index < -0.39 is 24.6 Å². The Labute approximate surface area is 93.2 Å². The van der Waals surface area contributed by atoms with Crippen LogP contribution in [0.2, 0.25) is 0 Å². The fourth-order valence-corrected chi connectivity index (χ4v) is 1.09. The largest absolute Gasteiger partial charge is 0.463 e. The number of hydrogen-bond donors (Lipinski definition) is 1. The zero-order valence-corrected chi connectivity index (χ0v) is 8.68. The van der Waals surface area contributed by atoms with Crippen LogP contribution < -0.4 is 5.32 Å². The lowest BCUT2D eigenvalue weighted by Crippen LogP contribution is -2.50. The van der Waals surface area contributed by atoms with Crippen LogP contribution in [-0.2, 0) is 18.4 Å². The molecule has 0 aromatic carbocycles. The van der Waals surface area contributed by atoms with Gasteiger partial charge in [0, 0.05) is 18.9 Å². The fourth-order valence-electron chi connectivity index (χ4n) is 1.09. The van der Waals surface area contributed by atoms with Crippen molar-refractivity contribution in [2.75, 3.05) is 0 Å². The van der Waals surface area contributed by atoms with E-state index in [1.54, 1.807) is 24.6 Å². The minimum Gasteiger partial charge on any atom is -0.353 e. The summed E-state index contributed by atoms with van der Waals surface area (Å²) >= 11 is 0. The lowest BCUT2D eigenvalue weighted by atomic mass is 10.3. The number of hydrogen-bond acceptors (Lipinski definition) is 1. The first-order chi connectivity index (χ1) is 7.66. The topological polar surface area (TPSA) is 34.0 Å². The molecule has 0 atom stereocenters. The normalized spacial score (nSPS) is 12.6. The number of alkyl halides is 5. The van der Waals surface area contributed by atoms with Gasteiger partial charge in [-0.25, -0.2) is 0 Å². The number of carbonyl (C=O) groups is 1. The molecule has 1 rings (SSSR count). The molecule has 1 aromatic rings. The van der Waals surface area contributed by atoms with Crippen molar-refractivity contribution in [2.24, 2.45) is 7.05 Å². The van der Waals surface area contributed by atoms with Crippen LogP contribution in [0, 0.1) is 0 Å². The van der Waals surface area contributed by atoms with Gasteiger partial charge < -0.3 is 9.88 Å². The molecule has 8 heteroatoms. The van der Waals surface area contributed by atoms with Gasteiger partial charge in [0.25, 0.3) is 0 Å². The highest BCUT2D eigenvalue weighted by Gasteiger charge is 2.63. The Balaban J connectivity index is 2.65. The maximum absolute atomic E-state index is 12.5. The third kappa shape index (κ3) is 2.75. The first-order valence-corrected chi connectivity index (χ1v) is 4.49. The molecule has 0 bridgehead atoms. The van der Waals surface area contributed by atoms with Gasteiger partial charge in [0.2, 0.25) is 0 Å². The predicted molar refractivity (Wildman–Crippen MR) is 48.3 cm³/mol. The van der Waals surface area contributed by atoms with Crippen molar-refractivity contribution in [3.63, 3.8) is 0 Å². The molecule has 0 saturated heterocycles. The van der Waals surface area contributed by atoms with Crippen LogP contribution in [-0.4, -0.2) is 22.6 Å². The van der Waals surface area contributed by atoms with Crippen molar-refractivity contribution >= 4 is 5.91 Å². The molecule has 3 nitrogen and oxygen atoms in total. The third-order valence-corrected chi connectivity index (χ3v) is 2.12. The van der Waals surface area contributed by atoms with Crippen LogP contribution in [0.5, 0.6) is 0 Å². The maximum atomic E-state index is 12.5. The van der Waals surface area contributed by atoms with Gasteiger partial charge in [0.05, 0.1) is 6.54 Å². The van der Waals surface area contributed by atoms with Crippen molar-refractivity contribution in [3.05, 3.63) is 24.0 Å². The smallest absolute Gasteiger partial charge is 0.353 e. The number of halogens is 5. The average Bonchev–Trinajstić information content (AvgIpc) is 2.58. The van der Waals surface area contributed by atoms with Gasteiger partial charge in [-0.2, -0.15) is 22.0 Å². The Morgan fingerprint density at radius 1 is 1.35 bits per heavy atom. The van der Waals surface area contributed by atoms with Crippen LogP contribution in [0.4, 0.5) is 22.0 Å². The maximum Gasteiger partial charge on any atom is 0.463 e. The Bertz CT molecular complexity index is 410. The summed E-state index contributed by atoms with van der Waals surface area (Å²) < 4.78 is 61.9. The van der Waals surface area contributed by atoms with E-state index in [-0.39, 0.29) is 0 Å². The van der Waals surface area contributed by atoms with Gasteiger partial charge in [0.15, 0.2) is 0 Å². The molecule has 1 amide bonds. The first-order valence-electron chi connectivity index (χ1n) is 4.49. The highest BCUT2D eigenvalue weighted by molar-refractivity contribution is 5.84. The molecule has 0 spiro atoms. The third-order valence-electron chi connectivity index (χ3n) is 2.12. The molecule has 96 valence electrons. The van der Waals surface area contributed by atoms with Crippen LogP contribution in [0.3, 0.4) is 0 Å². The summed E-state index contributed by atoms with van der Waals surface area (Å²) in [5.74, 6) is -7.73. The number of carbonyl (C=O) groups excluding carboxylic acids is 1. The van der Waals surface area contributed by atoms with E-state index in [2.05, 4.69) is 0 Å². The van der Waals surface area contributed by atoms with Gasteiger partial charge in [-0.05, 0) is 12.1 Å². The van der Waals surface area contributed by atoms with Crippen molar-refractivity contribution in [1.82, 2.24) is 9.88 Å². The molecule has 0 saturated carbocycles. The van der Waals surface area contributed by atoms with Crippen LogP contribution >= 0.6 is 0 Å². The van der Waals surface area contributed by atoms with Crippen molar-refractivity contribution in [3.8, 4) is 0 Å². The molecular weight excluding hydrogens is 247 g/mol. The van der Waals surface area contributed by atoms with Gasteiger partial charge in [-0.15, -0.1) is 0 Å². The summed E-state index contributed by atoms with van der Waals surface area (Å²) in [7, 11) is 1.57. The molecule has 0 fully saturated rings. The number of aromatic nitrogens is 1. The molecule has 1 heterocycles. The quantitative estimate of drug-likeness (QED) is 0.822. The molecule has 1 aromatic heterocycles. The number of aryl methyl sites for hydroxylation is 1. The molecule has 1 N–H and O–H groups in total. The van der Waals surface area contributed by atoms with Gasteiger partial charge in [-0.3, -0.25) is 4.79 Å². The average molecular weight is 256 g/mol. The summed E-state index contributed by atoms with van der Waals surface area (Å²) in [6, 6.07) is 3.06. The predicted octanol–water partition coefficient (Wildman–Crippen LogP) is 1.84. The highest BCUT2D eigenvalue weighted by atomic mass is 19.4. The van der Waals surface area contributed by atoms with Crippen molar-refractivity contribution < 1.29 is 26.7 Å². The Morgan fingerprint density at radius 3 is 2.35 bits per heavy atom. The number of nitrogens with zero attached hydrogens (tertiary/aromatic N) is 1. The van der Waals surface area contributed by atoms with E-state index in [0.29, 0.717) is 5.69 Å². The van der Waals surface area contributed by atoms with E-state index in [9.17, 15) is 26.7 Å². The summed E-state index contributed by atoms with van der Waals surface area (Å²) in [4.78, 5) is 10.7. The van der Waals surface area contributed by atoms with E-state index in [4.69, 9.17) is 0 Å². The Hall–Kier alpha value is -1.60. The molecule has 0 unspecified atom stereocenters. The molecule has 0 aliphatic heterocycles. The second kappa shape index (κ2) is 4.34. The summed E-state index contributed by atoms with van der Waals surface area (Å²) in [5.41, 5.74) is 0.413. The van der Waals surface area contributed by atoms with Crippen molar-refractivity contribution in [1.29, 1.82) is 0 Å². The zero-order valence-electron chi connectivity index (χ0n) is 8.68. The standard InChI is InChI=1S/C9H9F5N2O/c1-16-4-2-3-6(16)5-15-7(17)8(10,11)9(12,13)14/h2-4H,5H2,1H3,(H,15,17). The second-order valence-electron chi connectivity index (χ2n) is 3.37. The van der Waals surface area contributed by atoms with Gasteiger partial charge in [0.1, 0.15) is 0 Å². The lowest BCUT2D eigenvalue weighted by Gasteiger charge is -2.18. The van der Waals surface area contributed by atoms with Gasteiger partial charge in [-0.1, -0.05) is 0 Å². The van der Waals surface area contributed by atoms with Crippen LogP contribution in [0.1, 0.15) is 5.69 Å². The van der Waals surface area contributed by atoms with E-state index in [0.717, 1.165) is 0 Å². The SMILES string of the molecule is Cn1cccc1CNC(=O)C(F)(F)C(F)(F)F. The summed E-state index contributed by atoms with van der Waals surface area (Å²) in [6.07, 6.45) is -4.31. The monoisotopic (exact) mass is 256 g/mol. The molecule has 0 radical (unpaired) electrons. The number of nitrogens with one attached hydrogen (secondary N) is 1. The van der Waals surface area contributed by atoms with Crippen LogP contribution in [0.15, 0.2) is 18.3 Å². The van der Waals surface area contributed by atoms with Crippen LogP contribution in [0.25, 0.3) is 0 Å². The Morgan fingerprint density at radius 2 is 1.94 bits per heavy atom. The summed E-state index contributed by atoms with van der Waals surface area (Å²) in [6.45, 7) is -0.395. The first kappa shape index (κ1) is 13.5. The second-order valence-corrected chi connectivity index (χ2v) is 3.37. The minimum atomic E-state index is -5.88. The van der Waals surface area contributed by atoms with E-state index in [1.165, 1.54) is 10.6 Å². The van der Waals surface area contributed by atoms with Crippen molar-refractivity contribution in [2.45, 2.75) is 18.6 Å². The van der Waals surface area contributed by atoms with E-state index in [1.807, 2.05) is 0 Å². The fraction of sp³-hybridized carbons (Fsp3) is 0.444. The number of amides is 1. The Kier molecular flexibility index (Phi) is 3.44. The molecule has 0 aliphatic carbocycles. The minimum absolute atomic E-state index is 0.395. The molecular formula is C9H9F5N2O. The lowest BCUT2D eigenvalue weighted by molar-refractivity contribution is -0.269. The van der Waals surface area contributed by atoms with Gasteiger partial charge >= 0.3 is 18.0 Å². The molecule has 0 aliphatic rings. The molecule has 17 heavy (non-hydrogen) atoms. The summed E-state index contributed by atoms with van der Waals surface area (Å²) in [5, 5.41) is 1.54. The zero-order chi connectivity index (χ0) is 13.3. The van der Waals surface area contributed by atoms with E-state index >= 15 is 0 Å². The number of rotatable bonds is 3.